The van der Waals surface area contributed by atoms with E-state index in [2.05, 4.69) is 9.62 Å². The molecule has 5 nitrogen and oxygen atoms in total. The first-order valence-electron chi connectivity index (χ1n) is 8.14. The van der Waals surface area contributed by atoms with Gasteiger partial charge in [-0.15, -0.1) is 0 Å². The number of nitrogens with one attached hydrogen (secondary N) is 1. The third-order valence-electron chi connectivity index (χ3n) is 4.39. The molecular weight excluding hydrogens is 324 g/mol. The number of likely N-dealkylation sites (tertiary alicyclic amines) is 1. The Bertz CT molecular complexity index is 761. The quantitative estimate of drug-likeness (QED) is 0.843. The van der Waals surface area contributed by atoms with Crippen LogP contribution in [0.3, 0.4) is 0 Å². The molecule has 1 heterocycles. The summed E-state index contributed by atoms with van der Waals surface area (Å²) in [5.74, 6) is 0.263. The smallest absolute Gasteiger partial charge is 0.240 e. The van der Waals surface area contributed by atoms with Gasteiger partial charge in [-0.2, -0.15) is 0 Å². The molecule has 0 aromatic heterocycles. The second-order valence-corrected chi connectivity index (χ2v) is 7.76. The van der Waals surface area contributed by atoms with Crippen LogP contribution in [0.2, 0.25) is 0 Å². The zero-order valence-corrected chi connectivity index (χ0v) is 14.2. The summed E-state index contributed by atoms with van der Waals surface area (Å²) in [4.78, 5) is 2.58. The molecule has 1 atom stereocenters. The third-order valence-corrected chi connectivity index (χ3v) is 5.86. The summed E-state index contributed by atoms with van der Waals surface area (Å²) < 4.78 is 27.1. The van der Waals surface area contributed by atoms with E-state index in [-0.39, 0.29) is 11.8 Å². The van der Waals surface area contributed by atoms with Gasteiger partial charge in [0, 0.05) is 19.1 Å². The molecule has 1 aliphatic rings. The lowest BCUT2D eigenvalue weighted by molar-refractivity contribution is 0.261. The number of hydrogen-bond donors (Lipinski definition) is 2. The summed E-state index contributed by atoms with van der Waals surface area (Å²) in [5, 5.41) is 9.41. The third kappa shape index (κ3) is 3.95. The highest BCUT2D eigenvalue weighted by Gasteiger charge is 2.26. The largest absolute Gasteiger partial charge is 0.508 e. The molecule has 0 saturated carbocycles. The first-order valence-corrected chi connectivity index (χ1v) is 9.62. The molecule has 1 saturated heterocycles. The van der Waals surface area contributed by atoms with Gasteiger partial charge in [-0.05, 0) is 49.2 Å². The van der Waals surface area contributed by atoms with E-state index in [1.54, 1.807) is 42.5 Å². The van der Waals surface area contributed by atoms with Crippen molar-refractivity contribution in [2.45, 2.75) is 23.8 Å². The van der Waals surface area contributed by atoms with E-state index in [4.69, 9.17) is 0 Å². The van der Waals surface area contributed by atoms with Crippen molar-refractivity contribution in [2.75, 3.05) is 19.6 Å². The average Bonchev–Trinajstić information content (AvgIpc) is 3.05. The molecule has 0 aliphatic carbocycles. The molecule has 1 fully saturated rings. The predicted octanol–water partition coefficient (Wildman–Crippen LogP) is 2.51. The number of aromatic hydroxyl groups is 1. The summed E-state index contributed by atoms with van der Waals surface area (Å²) in [5.41, 5.74) is 1.16. The standard InChI is InChI=1S/C18H22N2O3S/c21-16-10-8-15(9-11-16)18-7-4-13-20(18)14-12-19-24(22,23)17-5-2-1-3-6-17/h1-3,5-6,8-11,18-19,21H,4,7,12-14H2/t18-/m0/s1. The molecule has 128 valence electrons. The lowest BCUT2D eigenvalue weighted by atomic mass is 10.0. The molecule has 0 amide bonds. The van der Waals surface area contributed by atoms with Gasteiger partial charge >= 0.3 is 0 Å². The van der Waals surface area contributed by atoms with Gasteiger partial charge in [0.05, 0.1) is 4.90 Å². The number of phenolic OH excluding ortho intramolecular Hbond substituents is 1. The minimum absolute atomic E-state index is 0.263. The Morgan fingerprint density at radius 2 is 1.79 bits per heavy atom. The van der Waals surface area contributed by atoms with Gasteiger partial charge in [-0.3, -0.25) is 4.90 Å². The van der Waals surface area contributed by atoms with E-state index in [9.17, 15) is 13.5 Å². The Labute approximate surface area is 143 Å². The van der Waals surface area contributed by atoms with Crippen LogP contribution in [0.25, 0.3) is 0 Å². The molecule has 2 aromatic rings. The predicted molar refractivity (Wildman–Crippen MR) is 93.3 cm³/mol. The molecule has 0 spiro atoms. The van der Waals surface area contributed by atoms with Gasteiger partial charge in [0.2, 0.25) is 10.0 Å². The number of nitrogens with zero attached hydrogens (tertiary/aromatic N) is 1. The van der Waals surface area contributed by atoms with E-state index in [1.807, 2.05) is 12.1 Å². The molecule has 0 bridgehead atoms. The van der Waals surface area contributed by atoms with Gasteiger partial charge in [0.25, 0.3) is 0 Å². The maximum Gasteiger partial charge on any atom is 0.240 e. The SMILES string of the molecule is O=S(=O)(NCCN1CCC[C@H]1c1ccc(O)cc1)c1ccccc1. The number of benzene rings is 2. The van der Waals surface area contributed by atoms with Gasteiger partial charge in [0.1, 0.15) is 5.75 Å². The second kappa shape index (κ2) is 7.34. The van der Waals surface area contributed by atoms with Crippen LogP contribution < -0.4 is 4.72 Å². The van der Waals surface area contributed by atoms with Crippen LogP contribution in [-0.4, -0.2) is 38.1 Å². The van der Waals surface area contributed by atoms with Gasteiger partial charge in [-0.1, -0.05) is 30.3 Å². The van der Waals surface area contributed by atoms with Crippen LogP contribution in [0.4, 0.5) is 0 Å². The average molecular weight is 346 g/mol. The summed E-state index contributed by atoms with van der Waals surface area (Å²) in [7, 11) is -3.45. The number of sulfonamides is 1. The van der Waals surface area contributed by atoms with Crippen molar-refractivity contribution >= 4 is 10.0 Å². The van der Waals surface area contributed by atoms with Crippen LogP contribution in [0.5, 0.6) is 5.75 Å². The van der Waals surface area contributed by atoms with E-state index in [0.717, 1.165) is 24.9 Å². The molecular formula is C18H22N2O3S. The first kappa shape index (κ1) is 17.0. The molecule has 2 aromatic carbocycles. The first-order chi connectivity index (χ1) is 11.6. The lowest BCUT2D eigenvalue weighted by Crippen LogP contribution is -2.34. The van der Waals surface area contributed by atoms with Crippen molar-refractivity contribution in [2.24, 2.45) is 0 Å². The highest BCUT2D eigenvalue weighted by molar-refractivity contribution is 7.89. The summed E-state index contributed by atoms with van der Waals surface area (Å²) in [6.07, 6.45) is 2.15. The summed E-state index contributed by atoms with van der Waals surface area (Å²) in [6.45, 7) is 2.00. The Balaban J connectivity index is 1.59. The highest BCUT2D eigenvalue weighted by atomic mass is 32.2. The minimum atomic E-state index is -3.45. The fourth-order valence-electron chi connectivity index (χ4n) is 3.17. The van der Waals surface area contributed by atoms with E-state index < -0.39 is 10.0 Å². The molecule has 24 heavy (non-hydrogen) atoms. The fourth-order valence-corrected chi connectivity index (χ4v) is 4.22. The Hall–Kier alpha value is -1.89. The van der Waals surface area contributed by atoms with Crippen molar-refractivity contribution in [1.82, 2.24) is 9.62 Å². The van der Waals surface area contributed by atoms with Gasteiger partial charge in [0.15, 0.2) is 0 Å². The molecule has 0 radical (unpaired) electrons. The molecule has 0 unspecified atom stereocenters. The molecule has 1 aliphatic heterocycles. The van der Waals surface area contributed by atoms with E-state index >= 15 is 0 Å². The topological polar surface area (TPSA) is 69.6 Å². The Kier molecular flexibility index (Phi) is 5.18. The second-order valence-electron chi connectivity index (χ2n) is 6.00. The van der Waals surface area contributed by atoms with Crippen LogP contribution in [0.1, 0.15) is 24.4 Å². The minimum Gasteiger partial charge on any atom is -0.508 e. The summed E-state index contributed by atoms with van der Waals surface area (Å²) >= 11 is 0. The van der Waals surface area contributed by atoms with Crippen LogP contribution in [0, 0.1) is 0 Å². The number of phenols is 1. The Morgan fingerprint density at radius 3 is 2.50 bits per heavy atom. The molecule has 2 N–H and O–H groups in total. The number of hydrogen-bond acceptors (Lipinski definition) is 4. The monoisotopic (exact) mass is 346 g/mol. The molecule has 6 heteroatoms. The zero-order chi connectivity index (χ0) is 17.0. The van der Waals surface area contributed by atoms with Crippen LogP contribution >= 0.6 is 0 Å². The van der Waals surface area contributed by atoms with Crippen LogP contribution in [-0.2, 0) is 10.0 Å². The van der Waals surface area contributed by atoms with Gasteiger partial charge in [-0.25, -0.2) is 13.1 Å². The van der Waals surface area contributed by atoms with Gasteiger partial charge < -0.3 is 5.11 Å². The fraction of sp³-hybridized carbons (Fsp3) is 0.333. The Morgan fingerprint density at radius 1 is 1.08 bits per heavy atom. The highest BCUT2D eigenvalue weighted by Crippen LogP contribution is 2.32. The zero-order valence-electron chi connectivity index (χ0n) is 13.4. The van der Waals surface area contributed by atoms with Crippen molar-refractivity contribution in [1.29, 1.82) is 0 Å². The maximum atomic E-state index is 12.2. The van der Waals surface area contributed by atoms with Crippen molar-refractivity contribution in [3.8, 4) is 5.75 Å². The number of rotatable bonds is 6. The van der Waals surface area contributed by atoms with E-state index in [0.29, 0.717) is 18.0 Å². The van der Waals surface area contributed by atoms with Crippen molar-refractivity contribution in [3.05, 3.63) is 60.2 Å². The maximum absolute atomic E-state index is 12.2. The summed E-state index contributed by atoms with van der Waals surface area (Å²) in [6, 6.07) is 16.0. The normalized spacial score (nSPS) is 18.8. The van der Waals surface area contributed by atoms with Crippen LogP contribution in [0.15, 0.2) is 59.5 Å². The van der Waals surface area contributed by atoms with Crippen molar-refractivity contribution in [3.63, 3.8) is 0 Å². The lowest BCUT2D eigenvalue weighted by Gasteiger charge is -2.25. The molecule has 3 rings (SSSR count). The van der Waals surface area contributed by atoms with Crippen molar-refractivity contribution < 1.29 is 13.5 Å². The van der Waals surface area contributed by atoms with E-state index in [1.165, 1.54) is 0 Å².